The lowest BCUT2D eigenvalue weighted by Gasteiger charge is -2.22. The molecule has 0 unspecified atom stereocenters. The number of rotatable bonds is 3. The Morgan fingerprint density at radius 1 is 0.931 bits per heavy atom. The van der Waals surface area contributed by atoms with Crippen molar-refractivity contribution >= 4 is 38.4 Å². The van der Waals surface area contributed by atoms with Crippen LogP contribution in [0.25, 0.3) is 10.9 Å². The zero-order valence-electron chi connectivity index (χ0n) is 15.7. The maximum Gasteiger partial charge on any atom is 0.255 e. The van der Waals surface area contributed by atoms with Crippen LogP contribution in [-0.2, 0) is 10.0 Å². The zero-order chi connectivity index (χ0) is 20.4. The third-order valence-electron chi connectivity index (χ3n) is 5.07. The SMILES string of the molecule is O=C(c1ccccc1Cl)N1CCCN(S(=O)(=O)c2cccc3ncccc23)CC1. The zero-order valence-corrected chi connectivity index (χ0v) is 17.2. The first-order valence-corrected chi connectivity index (χ1v) is 11.2. The highest BCUT2D eigenvalue weighted by molar-refractivity contribution is 7.89. The Kier molecular flexibility index (Phi) is 5.54. The molecule has 1 amide bonds. The lowest BCUT2D eigenvalue weighted by molar-refractivity contribution is 0.0764. The van der Waals surface area contributed by atoms with Crippen LogP contribution in [0.1, 0.15) is 16.8 Å². The van der Waals surface area contributed by atoms with Gasteiger partial charge in [-0.25, -0.2) is 8.42 Å². The van der Waals surface area contributed by atoms with E-state index in [1.165, 1.54) is 4.31 Å². The largest absolute Gasteiger partial charge is 0.337 e. The van der Waals surface area contributed by atoms with Crippen LogP contribution in [-0.4, -0.2) is 54.7 Å². The Morgan fingerprint density at radius 3 is 2.59 bits per heavy atom. The second-order valence-corrected chi connectivity index (χ2v) is 9.17. The van der Waals surface area contributed by atoms with Gasteiger partial charge in [-0.3, -0.25) is 9.78 Å². The van der Waals surface area contributed by atoms with Gasteiger partial charge in [0.15, 0.2) is 0 Å². The van der Waals surface area contributed by atoms with Gasteiger partial charge in [-0.05, 0) is 42.8 Å². The van der Waals surface area contributed by atoms with Crippen LogP contribution in [0.5, 0.6) is 0 Å². The Balaban J connectivity index is 1.58. The molecule has 6 nitrogen and oxygen atoms in total. The van der Waals surface area contributed by atoms with Crippen LogP contribution >= 0.6 is 11.6 Å². The number of nitrogens with zero attached hydrogens (tertiary/aromatic N) is 3. The highest BCUT2D eigenvalue weighted by Gasteiger charge is 2.30. The molecule has 8 heteroatoms. The minimum Gasteiger partial charge on any atom is -0.337 e. The summed E-state index contributed by atoms with van der Waals surface area (Å²) in [6.07, 6.45) is 2.20. The molecule has 2 aromatic carbocycles. The third-order valence-corrected chi connectivity index (χ3v) is 7.36. The third kappa shape index (κ3) is 3.85. The van der Waals surface area contributed by atoms with Crippen molar-refractivity contribution in [2.24, 2.45) is 0 Å². The highest BCUT2D eigenvalue weighted by atomic mass is 35.5. The van der Waals surface area contributed by atoms with Gasteiger partial charge in [0.2, 0.25) is 10.0 Å². The summed E-state index contributed by atoms with van der Waals surface area (Å²) < 4.78 is 28.1. The van der Waals surface area contributed by atoms with E-state index in [1.54, 1.807) is 65.7 Å². The quantitative estimate of drug-likeness (QED) is 0.639. The predicted molar refractivity (Wildman–Crippen MR) is 112 cm³/mol. The number of benzene rings is 2. The molecule has 0 aliphatic carbocycles. The molecular formula is C21H20ClN3O3S. The topological polar surface area (TPSA) is 70.6 Å². The first-order valence-electron chi connectivity index (χ1n) is 9.36. The van der Waals surface area contributed by atoms with Crippen molar-refractivity contribution in [2.75, 3.05) is 26.2 Å². The number of aromatic nitrogens is 1. The summed E-state index contributed by atoms with van der Waals surface area (Å²) in [6.45, 7) is 1.37. The first kappa shape index (κ1) is 19.8. The molecule has 150 valence electrons. The van der Waals surface area contributed by atoms with Crippen molar-refractivity contribution in [3.8, 4) is 0 Å². The Labute approximate surface area is 174 Å². The molecular weight excluding hydrogens is 410 g/mol. The van der Waals surface area contributed by atoms with Crippen LogP contribution in [0.2, 0.25) is 5.02 Å². The minimum absolute atomic E-state index is 0.177. The van der Waals surface area contributed by atoms with Gasteiger partial charge in [0.05, 0.1) is 21.0 Å². The van der Waals surface area contributed by atoms with E-state index in [4.69, 9.17) is 11.6 Å². The predicted octanol–water partition coefficient (Wildman–Crippen LogP) is 3.43. The number of carbonyl (C=O) groups is 1. The molecule has 1 aromatic heterocycles. The molecule has 4 rings (SSSR count). The summed E-state index contributed by atoms with van der Waals surface area (Å²) in [7, 11) is -3.70. The van der Waals surface area contributed by atoms with Gasteiger partial charge in [-0.15, -0.1) is 0 Å². The van der Waals surface area contributed by atoms with Crippen molar-refractivity contribution in [3.05, 3.63) is 71.4 Å². The number of amides is 1. The standard InChI is InChI=1S/C21H20ClN3O3S/c22-18-8-2-1-6-16(18)21(26)24-12-5-13-25(15-14-24)29(27,28)20-10-3-9-19-17(20)7-4-11-23-19/h1-4,6-11H,5,12-15H2. The normalized spacial score (nSPS) is 16.0. The summed E-state index contributed by atoms with van der Waals surface area (Å²) >= 11 is 6.16. The van der Waals surface area contributed by atoms with E-state index >= 15 is 0 Å². The average molecular weight is 430 g/mol. The second-order valence-electron chi connectivity index (χ2n) is 6.86. The van der Waals surface area contributed by atoms with E-state index in [0.717, 1.165) is 0 Å². The Hall–Kier alpha value is -2.48. The van der Waals surface area contributed by atoms with Crippen molar-refractivity contribution in [1.29, 1.82) is 0 Å². The molecule has 0 saturated carbocycles. The van der Waals surface area contributed by atoms with Gasteiger partial charge in [-0.1, -0.05) is 29.8 Å². The summed E-state index contributed by atoms with van der Waals surface area (Å²) in [5.74, 6) is -0.177. The number of sulfonamides is 1. The van der Waals surface area contributed by atoms with E-state index in [-0.39, 0.29) is 17.3 Å². The molecule has 0 radical (unpaired) electrons. The molecule has 1 fully saturated rings. The van der Waals surface area contributed by atoms with Gasteiger partial charge < -0.3 is 4.90 Å². The molecule has 0 N–H and O–H groups in total. The maximum atomic E-state index is 13.3. The molecule has 1 aliphatic rings. The van der Waals surface area contributed by atoms with Gasteiger partial charge >= 0.3 is 0 Å². The van der Waals surface area contributed by atoms with Crippen LogP contribution in [0.4, 0.5) is 0 Å². The lowest BCUT2D eigenvalue weighted by Crippen LogP contribution is -2.37. The monoisotopic (exact) mass is 429 g/mol. The van der Waals surface area contributed by atoms with E-state index in [2.05, 4.69) is 4.98 Å². The molecule has 1 aliphatic heterocycles. The smallest absolute Gasteiger partial charge is 0.255 e. The number of carbonyl (C=O) groups excluding carboxylic acids is 1. The fourth-order valence-corrected chi connectivity index (χ4v) is 5.47. The fourth-order valence-electron chi connectivity index (χ4n) is 3.58. The van der Waals surface area contributed by atoms with Gasteiger partial charge in [-0.2, -0.15) is 4.31 Å². The summed E-state index contributed by atoms with van der Waals surface area (Å²) in [4.78, 5) is 19.0. The number of fused-ring (bicyclic) bond motifs is 1. The minimum atomic E-state index is -3.70. The van der Waals surface area contributed by atoms with Gasteiger partial charge in [0.25, 0.3) is 5.91 Å². The van der Waals surface area contributed by atoms with Crippen LogP contribution < -0.4 is 0 Å². The number of pyridine rings is 1. The van der Waals surface area contributed by atoms with Crippen molar-refractivity contribution in [2.45, 2.75) is 11.3 Å². The van der Waals surface area contributed by atoms with E-state index < -0.39 is 10.0 Å². The van der Waals surface area contributed by atoms with Crippen LogP contribution in [0.15, 0.2) is 65.7 Å². The van der Waals surface area contributed by atoms with E-state index in [9.17, 15) is 13.2 Å². The molecule has 0 bridgehead atoms. The van der Waals surface area contributed by atoms with Crippen molar-refractivity contribution in [1.82, 2.24) is 14.2 Å². The van der Waals surface area contributed by atoms with Gasteiger partial charge in [0, 0.05) is 37.8 Å². The molecule has 29 heavy (non-hydrogen) atoms. The fraction of sp³-hybridized carbons (Fsp3) is 0.238. The Morgan fingerprint density at radius 2 is 1.76 bits per heavy atom. The first-order chi connectivity index (χ1) is 14.0. The number of hydrogen-bond donors (Lipinski definition) is 0. The Bertz CT molecular complexity index is 1160. The molecule has 3 aromatic rings. The molecule has 1 saturated heterocycles. The highest BCUT2D eigenvalue weighted by Crippen LogP contribution is 2.26. The number of halogens is 1. The van der Waals surface area contributed by atoms with E-state index in [1.807, 2.05) is 0 Å². The molecule has 2 heterocycles. The lowest BCUT2D eigenvalue weighted by atomic mass is 10.2. The molecule has 0 spiro atoms. The van der Waals surface area contributed by atoms with Crippen molar-refractivity contribution in [3.63, 3.8) is 0 Å². The molecule has 0 atom stereocenters. The van der Waals surface area contributed by atoms with Crippen LogP contribution in [0, 0.1) is 0 Å². The van der Waals surface area contributed by atoms with Gasteiger partial charge in [0.1, 0.15) is 0 Å². The maximum absolute atomic E-state index is 13.3. The van der Waals surface area contributed by atoms with E-state index in [0.29, 0.717) is 47.5 Å². The summed E-state index contributed by atoms with van der Waals surface area (Å²) in [6, 6.07) is 15.5. The summed E-state index contributed by atoms with van der Waals surface area (Å²) in [5, 5.41) is 0.998. The van der Waals surface area contributed by atoms with Crippen LogP contribution in [0.3, 0.4) is 0 Å². The average Bonchev–Trinajstić information content (AvgIpc) is 3.00. The van der Waals surface area contributed by atoms with Crippen molar-refractivity contribution < 1.29 is 13.2 Å². The second kappa shape index (κ2) is 8.10. The number of hydrogen-bond acceptors (Lipinski definition) is 4. The summed E-state index contributed by atoms with van der Waals surface area (Å²) in [5.41, 5.74) is 1.07.